The zero-order valence-electron chi connectivity index (χ0n) is 9.98. The monoisotopic (exact) mass is 234 g/mol. The lowest BCUT2D eigenvalue weighted by molar-refractivity contribution is -0.150. The SMILES string of the molecule is CCC(CO)(CO)COC(=O)CCC(C)O. The molecule has 0 saturated heterocycles. The first-order chi connectivity index (χ1) is 7.49. The molecule has 1 unspecified atom stereocenters. The topological polar surface area (TPSA) is 87.0 Å². The van der Waals surface area contributed by atoms with E-state index < -0.39 is 17.5 Å². The second kappa shape index (κ2) is 7.60. The number of ether oxygens (including phenoxy) is 1. The Labute approximate surface area is 96.0 Å². The summed E-state index contributed by atoms with van der Waals surface area (Å²) in [6, 6.07) is 0. The molecule has 0 saturated carbocycles. The molecule has 16 heavy (non-hydrogen) atoms. The molecule has 0 aliphatic carbocycles. The van der Waals surface area contributed by atoms with Crippen molar-refractivity contribution in [3.8, 4) is 0 Å². The van der Waals surface area contributed by atoms with Crippen molar-refractivity contribution in [3.05, 3.63) is 0 Å². The summed E-state index contributed by atoms with van der Waals surface area (Å²) in [5.74, 6) is -0.416. The van der Waals surface area contributed by atoms with Crippen LogP contribution in [0.25, 0.3) is 0 Å². The molecule has 0 radical (unpaired) electrons. The molecular weight excluding hydrogens is 212 g/mol. The molecule has 0 aromatic heterocycles. The zero-order valence-corrected chi connectivity index (χ0v) is 9.98. The Kier molecular flexibility index (Phi) is 7.29. The lowest BCUT2D eigenvalue weighted by atomic mass is 9.88. The Morgan fingerprint density at radius 2 is 1.94 bits per heavy atom. The Bertz CT molecular complexity index is 190. The van der Waals surface area contributed by atoms with E-state index in [-0.39, 0.29) is 26.2 Å². The van der Waals surface area contributed by atoms with Gasteiger partial charge in [0.1, 0.15) is 6.61 Å². The van der Waals surface area contributed by atoms with Gasteiger partial charge in [-0.1, -0.05) is 6.92 Å². The van der Waals surface area contributed by atoms with Gasteiger partial charge >= 0.3 is 5.97 Å². The Morgan fingerprint density at radius 3 is 2.31 bits per heavy atom. The normalized spacial score (nSPS) is 13.6. The van der Waals surface area contributed by atoms with E-state index in [0.29, 0.717) is 12.8 Å². The van der Waals surface area contributed by atoms with E-state index in [4.69, 9.17) is 20.1 Å². The van der Waals surface area contributed by atoms with Crippen LogP contribution in [0.15, 0.2) is 0 Å². The van der Waals surface area contributed by atoms with Crippen molar-refractivity contribution in [1.82, 2.24) is 0 Å². The van der Waals surface area contributed by atoms with E-state index in [1.54, 1.807) is 6.92 Å². The summed E-state index contributed by atoms with van der Waals surface area (Å²) in [5.41, 5.74) is -0.750. The van der Waals surface area contributed by atoms with E-state index in [9.17, 15) is 4.79 Å². The molecular formula is C11H22O5. The van der Waals surface area contributed by atoms with E-state index in [1.165, 1.54) is 0 Å². The van der Waals surface area contributed by atoms with Crippen LogP contribution < -0.4 is 0 Å². The van der Waals surface area contributed by atoms with E-state index in [1.807, 2.05) is 6.92 Å². The maximum atomic E-state index is 11.2. The van der Waals surface area contributed by atoms with Crippen LogP contribution >= 0.6 is 0 Å². The van der Waals surface area contributed by atoms with E-state index in [2.05, 4.69) is 0 Å². The molecule has 5 heteroatoms. The molecule has 0 bridgehead atoms. The van der Waals surface area contributed by atoms with Crippen molar-refractivity contribution < 1.29 is 24.9 Å². The largest absolute Gasteiger partial charge is 0.465 e. The van der Waals surface area contributed by atoms with Crippen LogP contribution in [-0.2, 0) is 9.53 Å². The van der Waals surface area contributed by atoms with Crippen molar-refractivity contribution in [1.29, 1.82) is 0 Å². The second-order valence-corrected chi connectivity index (χ2v) is 4.22. The number of carbonyl (C=O) groups excluding carboxylic acids is 1. The van der Waals surface area contributed by atoms with Crippen LogP contribution in [0, 0.1) is 5.41 Å². The zero-order chi connectivity index (χ0) is 12.6. The molecule has 0 fully saturated rings. The van der Waals surface area contributed by atoms with Crippen LogP contribution in [0.4, 0.5) is 0 Å². The van der Waals surface area contributed by atoms with Gasteiger partial charge in [-0.2, -0.15) is 0 Å². The third-order valence-corrected chi connectivity index (χ3v) is 2.73. The first-order valence-corrected chi connectivity index (χ1v) is 5.55. The molecule has 0 amide bonds. The maximum absolute atomic E-state index is 11.2. The van der Waals surface area contributed by atoms with Crippen LogP contribution in [0.3, 0.4) is 0 Å². The summed E-state index contributed by atoms with van der Waals surface area (Å²) < 4.78 is 4.96. The van der Waals surface area contributed by atoms with Crippen LogP contribution in [0.1, 0.15) is 33.1 Å². The predicted molar refractivity (Wildman–Crippen MR) is 58.8 cm³/mol. The molecule has 3 N–H and O–H groups in total. The summed E-state index contributed by atoms with van der Waals surface area (Å²) in [5, 5.41) is 27.2. The molecule has 0 rings (SSSR count). The molecule has 0 aromatic rings. The van der Waals surface area contributed by atoms with Crippen molar-refractivity contribution in [2.45, 2.75) is 39.2 Å². The van der Waals surface area contributed by atoms with Gasteiger partial charge in [0.25, 0.3) is 0 Å². The van der Waals surface area contributed by atoms with Gasteiger partial charge in [-0.3, -0.25) is 4.79 Å². The summed E-state index contributed by atoms with van der Waals surface area (Å²) in [4.78, 5) is 11.2. The summed E-state index contributed by atoms with van der Waals surface area (Å²) in [6.07, 6.45) is 0.507. The van der Waals surface area contributed by atoms with Crippen molar-refractivity contribution in [2.24, 2.45) is 5.41 Å². The lowest BCUT2D eigenvalue weighted by Gasteiger charge is -2.27. The Balaban J connectivity index is 3.97. The second-order valence-electron chi connectivity index (χ2n) is 4.22. The van der Waals surface area contributed by atoms with Gasteiger partial charge in [-0.25, -0.2) is 0 Å². The van der Waals surface area contributed by atoms with Gasteiger partial charge < -0.3 is 20.1 Å². The average molecular weight is 234 g/mol. The molecule has 0 aliphatic heterocycles. The molecule has 0 heterocycles. The number of aliphatic hydroxyl groups excluding tert-OH is 3. The smallest absolute Gasteiger partial charge is 0.305 e. The van der Waals surface area contributed by atoms with Crippen molar-refractivity contribution in [3.63, 3.8) is 0 Å². The number of esters is 1. The third-order valence-electron chi connectivity index (χ3n) is 2.73. The van der Waals surface area contributed by atoms with Gasteiger partial charge in [0.05, 0.1) is 24.7 Å². The Hall–Kier alpha value is -0.650. The highest BCUT2D eigenvalue weighted by Gasteiger charge is 2.28. The minimum atomic E-state index is -0.750. The highest BCUT2D eigenvalue weighted by Crippen LogP contribution is 2.21. The maximum Gasteiger partial charge on any atom is 0.305 e. The van der Waals surface area contributed by atoms with Crippen LogP contribution in [0.5, 0.6) is 0 Å². The third kappa shape index (κ3) is 5.44. The minimum Gasteiger partial charge on any atom is -0.465 e. The fourth-order valence-electron chi connectivity index (χ4n) is 1.10. The number of carbonyl (C=O) groups is 1. The van der Waals surface area contributed by atoms with Crippen LogP contribution in [-0.4, -0.2) is 47.2 Å². The van der Waals surface area contributed by atoms with Crippen molar-refractivity contribution >= 4 is 5.97 Å². The molecule has 0 aromatic carbocycles. The fraction of sp³-hybridized carbons (Fsp3) is 0.909. The van der Waals surface area contributed by atoms with Crippen molar-refractivity contribution in [2.75, 3.05) is 19.8 Å². The first-order valence-electron chi connectivity index (χ1n) is 5.55. The molecule has 5 nitrogen and oxygen atoms in total. The standard InChI is InChI=1S/C11H22O5/c1-3-11(6-12,7-13)8-16-10(15)5-4-9(2)14/h9,12-14H,3-8H2,1-2H3. The molecule has 96 valence electrons. The molecule has 0 spiro atoms. The summed E-state index contributed by atoms with van der Waals surface area (Å²) in [6.45, 7) is 2.99. The van der Waals surface area contributed by atoms with E-state index >= 15 is 0 Å². The van der Waals surface area contributed by atoms with Gasteiger partial charge in [-0.05, 0) is 19.8 Å². The van der Waals surface area contributed by atoms with Gasteiger partial charge in [0, 0.05) is 6.42 Å². The van der Waals surface area contributed by atoms with Crippen LogP contribution in [0.2, 0.25) is 0 Å². The first kappa shape index (κ1) is 15.3. The van der Waals surface area contributed by atoms with Gasteiger partial charge in [0.15, 0.2) is 0 Å². The Morgan fingerprint density at radius 1 is 1.38 bits per heavy atom. The summed E-state index contributed by atoms with van der Waals surface area (Å²) in [7, 11) is 0. The lowest BCUT2D eigenvalue weighted by Crippen LogP contribution is -2.35. The summed E-state index contributed by atoms with van der Waals surface area (Å²) >= 11 is 0. The highest BCUT2D eigenvalue weighted by molar-refractivity contribution is 5.69. The number of hydrogen-bond donors (Lipinski definition) is 3. The van der Waals surface area contributed by atoms with E-state index in [0.717, 1.165) is 0 Å². The molecule has 1 atom stereocenters. The van der Waals surface area contributed by atoms with Gasteiger partial charge in [-0.15, -0.1) is 0 Å². The number of aliphatic hydroxyl groups is 3. The molecule has 0 aliphatic rings. The quantitative estimate of drug-likeness (QED) is 0.517. The minimum absolute atomic E-state index is 0.00907. The number of hydrogen-bond acceptors (Lipinski definition) is 5. The highest BCUT2D eigenvalue weighted by atomic mass is 16.5. The average Bonchev–Trinajstić information content (AvgIpc) is 2.29. The fourth-order valence-corrected chi connectivity index (χ4v) is 1.10. The van der Waals surface area contributed by atoms with Gasteiger partial charge in [0.2, 0.25) is 0 Å². The number of rotatable bonds is 8. The predicted octanol–water partition coefficient (Wildman–Crippen LogP) is 0.0716.